The molecule has 0 bridgehead atoms. The molecule has 0 amide bonds. The van der Waals surface area contributed by atoms with Crippen LogP contribution in [0.4, 0.5) is 0 Å². The van der Waals surface area contributed by atoms with E-state index in [1.54, 1.807) is 0 Å². The van der Waals surface area contributed by atoms with Gasteiger partial charge in [-0.2, -0.15) is 0 Å². The Labute approximate surface area is 129 Å². The van der Waals surface area contributed by atoms with Crippen LogP contribution in [0.5, 0.6) is 5.75 Å². The van der Waals surface area contributed by atoms with Gasteiger partial charge in [0.15, 0.2) is 0 Å². The van der Waals surface area contributed by atoms with Gasteiger partial charge < -0.3 is 10.1 Å². The minimum Gasteiger partial charge on any atom is -0.494 e. The number of hydrogen-bond acceptors (Lipinski definition) is 3. The Balaban J connectivity index is 2.11. The van der Waals surface area contributed by atoms with Gasteiger partial charge in [-0.1, -0.05) is 38.0 Å². The molecule has 0 spiro atoms. The molecule has 0 saturated heterocycles. The Bertz CT molecular complexity index is 415. The molecule has 3 nitrogen and oxygen atoms in total. The highest BCUT2D eigenvalue weighted by molar-refractivity contribution is 5.36. The predicted molar refractivity (Wildman–Crippen MR) is 88.9 cm³/mol. The van der Waals surface area contributed by atoms with E-state index in [1.807, 2.05) is 6.92 Å². The van der Waals surface area contributed by atoms with E-state index in [1.165, 1.54) is 31.2 Å². The second kappa shape index (κ2) is 8.40. The Hall–Kier alpha value is -1.06. The highest BCUT2D eigenvalue weighted by Crippen LogP contribution is 2.29. The van der Waals surface area contributed by atoms with Gasteiger partial charge in [0, 0.05) is 24.2 Å². The zero-order valence-electron chi connectivity index (χ0n) is 13.8. The molecule has 1 N–H and O–H groups in total. The van der Waals surface area contributed by atoms with Crippen molar-refractivity contribution in [2.24, 2.45) is 0 Å². The molecule has 1 atom stereocenters. The highest BCUT2D eigenvalue weighted by atomic mass is 16.5. The second-order valence-electron chi connectivity index (χ2n) is 5.84. The van der Waals surface area contributed by atoms with Crippen molar-refractivity contribution < 1.29 is 4.74 Å². The summed E-state index contributed by atoms with van der Waals surface area (Å²) in [5.41, 5.74) is 1.28. The summed E-state index contributed by atoms with van der Waals surface area (Å²) in [6.07, 6.45) is 5.50. The number of hydrogen-bond donors (Lipinski definition) is 1. The first-order chi connectivity index (χ1) is 10.3. The number of nitrogens with one attached hydrogen (secondary N) is 1. The summed E-state index contributed by atoms with van der Waals surface area (Å²) in [7, 11) is 2.05. The number of para-hydroxylation sites is 1. The van der Waals surface area contributed by atoms with Crippen LogP contribution in [-0.2, 0) is 0 Å². The van der Waals surface area contributed by atoms with Crippen LogP contribution in [0.25, 0.3) is 0 Å². The van der Waals surface area contributed by atoms with Crippen LogP contribution in [0.2, 0.25) is 0 Å². The van der Waals surface area contributed by atoms with Gasteiger partial charge in [-0.15, -0.1) is 0 Å². The molecule has 0 aliphatic heterocycles. The van der Waals surface area contributed by atoms with E-state index in [0.717, 1.165) is 24.9 Å². The number of rotatable bonds is 8. The average Bonchev–Trinajstić information content (AvgIpc) is 3.04. The minimum absolute atomic E-state index is 0.327. The fourth-order valence-electron chi connectivity index (χ4n) is 3.44. The molecule has 1 aromatic carbocycles. The predicted octanol–water partition coefficient (Wildman–Crippen LogP) is 3.61. The molecule has 1 aliphatic carbocycles. The summed E-state index contributed by atoms with van der Waals surface area (Å²) in [4.78, 5) is 2.64. The summed E-state index contributed by atoms with van der Waals surface area (Å²) in [5.74, 6) is 1.02. The SMILES string of the molecule is CCOc1ccccc1C(CN(CC)C1CCCC1)NC. The monoisotopic (exact) mass is 290 g/mol. The van der Waals surface area contributed by atoms with Gasteiger partial charge in [-0.05, 0) is 39.4 Å². The first-order valence-electron chi connectivity index (χ1n) is 8.43. The van der Waals surface area contributed by atoms with Gasteiger partial charge in [0.2, 0.25) is 0 Å². The fraction of sp³-hybridized carbons (Fsp3) is 0.667. The summed E-state index contributed by atoms with van der Waals surface area (Å²) in [6, 6.07) is 9.52. The molecule has 1 fully saturated rings. The van der Waals surface area contributed by atoms with E-state index in [-0.39, 0.29) is 0 Å². The highest BCUT2D eigenvalue weighted by Gasteiger charge is 2.25. The maximum absolute atomic E-state index is 5.80. The molecule has 2 rings (SSSR count). The van der Waals surface area contributed by atoms with Crippen LogP contribution in [0.1, 0.15) is 51.1 Å². The van der Waals surface area contributed by atoms with Crippen molar-refractivity contribution in [3.8, 4) is 5.75 Å². The summed E-state index contributed by atoms with van der Waals surface area (Å²) in [6.45, 7) is 7.22. The van der Waals surface area contributed by atoms with Crippen molar-refractivity contribution in [2.45, 2.75) is 51.6 Å². The minimum atomic E-state index is 0.327. The molecule has 1 aliphatic rings. The Kier molecular flexibility index (Phi) is 6.52. The van der Waals surface area contributed by atoms with Gasteiger partial charge in [0.25, 0.3) is 0 Å². The second-order valence-corrected chi connectivity index (χ2v) is 5.84. The van der Waals surface area contributed by atoms with E-state index >= 15 is 0 Å². The van der Waals surface area contributed by atoms with Crippen molar-refractivity contribution in [1.29, 1.82) is 0 Å². The third-order valence-corrected chi connectivity index (χ3v) is 4.61. The molecule has 21 heavy (non-hydrogen) atoms. The zero-order chi connectivity index (χ0) is 15.1. The van der Waals surface area contributed by atoms with Crippen LogP contribution >= 0.6 is 0 Å². The van der Waals surface area contributed by atoms with E-state index in [9.17, 15) is 0 Å². The van der Waals surface area contributed by atoms with Crippen LogP contribution in [0.3, 0.4) is 0 Å². The van der Waals surface area contributed by atoms with Crippen molar-refractivity contribution in [2.75, 3.05) is 26.7 Å². The fourth-order valence-corrected chi connectivity index (χ4v) is 3.44. The summed E-state index contributed by atoms with van der Waals surface area (Å²) < 4.78 is 5.80. The number of ether oxygens (including phenoxy) is 1. The third-order valence-electron chi connectivity index (χ3n) is 4.61. The van der Waals surface area contributed by atoms with Gasteiger partial charge in [0.05, 0.1) is 6.61 Å². The van der Waals surface area contributed by atoms with Crippen LogP contribution in [0, 0.1) is 0 Å². The zero-order valence-corrected chi connectivity index (χ0v) is 13.8. The largest absolute Gasteiger partial charge is 0.494 e. The Morgan fingerprint density at radius 3 is 2.57 bits per heavy atom. The first kappa shape index (κ1) is 16.3. The topological polar surface area (TPSA) is 24.5 Å². The van der Waals surface area contributed by atoms with E-state index in [0.29, 0.717) is 12.6 Å². The van der Waals surface area contributed by atoms with Crippen LogP contribution in [0.15, 0.2) is 24.3 Å². The average molecular weight is 290 g/mol. The lowest BCUT2D eigenvalue weighted by atomic mass is 10.0. The summed E-state index contributed by atoms with van der Waals surface area (Å²) in [5, 5.41) is 3.48. The molecule has 1 unspecified atom stereocenters. The molecule has 1 saturated carbocycles. The maximum atomic E-state index is 5.80. The molecular weight excluding hydrogens is 260 g/mol. The maximum Gasteiger partial charge on any atom is 0.124 e. The van der Waals surface area contributed by atoms with E-state index < -0.39 is 0 Å². The van der Waals surface area contributed by atoms with Gasteiger partial charge in [0.1, 0.15) is 5.75 Å². The summed E-state index contributed by atoms with van der Waals surface area (Å²) >= 11 is 0. The molecule has 0 radical (unpaired) electrons. The van der Waals surface area contributed by atoms with Crippen LogP contribution in [-0.4, -0.2) is 37.7 Å². The first-order valence-corrected chi connectivity index (χ1v) is 8.43. The number of nitrogens with zero attached hydrogens (tertiary/aromatic N) is 1. The van der Waals surface area contributed by atoms with E-state index in [4.69, 9.17) is 4.74 Å². The molecule has 0 heterocycles. The van der Waals surface area contributed by atoms with E-state index in [2.05, 4.69) is 48.5 Å². The van der Waals surface area contributed by atoms with Crippen LogP contribution < -0.4 is 10.1 Å². The lowest BCUT2D eigenvalue weighted by Gasteiger charge is -2.32. The van der Waals surface area contributed by atoms with Crippen molar-refractivity contribution in [1.82, 2.24) is 10.2 Å². The van der Waals surface area contributed by atoms with Crippen molar-refractivity contribution >= 4 is 0 Å². The Morgan fingerprint density at radius 2 is 1.95 bits per heavy atom. The molecule has 0 aromatic heterocycles. The standard InChI is InChI=1S/C18H30N2O/c1-4-20(15-10-6-7-11-15)14-17(19-3)16-12-8-9-13-18(16)21-5-2/h8-9,12-13,15,17,19H,4-7,10-11,14H2,1-3H3. The lowest BCUT2D eigenvalue weighted by molar-refractivity contribution is 0.187. The smallest absolute Gasteiger partial charge is 0.124 e. The van der Waals surface area contributed by atoms with Gasteiger partial charge >= 0.3 is 0 Å². The van der Waals surface area contributed by atoms with Crippen molar-refractivity contribution in [3.63, 3.8) is 0 Å². The van der Waals surface area contributed by atoms with Gasteiger partial charge in [-0.25, -0.2) is 0 Å². The molecular formula is C18H30N2O. The normalized spacial score (nSPS) is 17.3. The lowest BCUT2D eigenvalue weighted by Crippen LogP contribution is -2.39. The third kappa shape index (κ3) is 4.21. The molecule has 118 valence electrons. The number of likely N-dealkylation sites (N-methyl/N-ethyl adjacent to an activating group) is 2. The quantitative estimate of drug-likeness (QED) is 0.791. The molecule has 3 heteroatoms. The molecule has 1 aromatic rings. The number of benzene rings is 1. The van der Waals surface area contributed by atoms with Gasteiger partial charge in [-0.3, -0.25) is 4.90 Å². The van der Waals surface area contributed by atoms with Crippen molar-refractivity contribution in [3.05, 3.63) is 29.8 Å². The Morgan fingerprint density at radius 1 is 1.24 bits per heavy atom.